The number of benzene rings is 1. The van der Waals surface area contributed by atoms with Crippen molar-refractivity contribution in [1.29, 1.82) is 0 Å². The molecule has 0 spiro atoms. The van der Waals surface area contributed by atoms with E-state index in [0.717, 1.165) is 0 Å². The number of carboxylic acid groups (broad SMARTS) is 1. The molecule has 2 heterocycles. The van der Waals surface area contributed by atoms with Crippen LogP contribution in [0.15, 0.2) is 48.7 Å². The minimum Gasteiger partial charge on any atom is -0.475 e. The first-order chi connectivity index (χ1) is 15.3. The lowest BCUT2D eigenvalue weighted by molar-refractivity contribution is -0.192. The minimum absolute atomic E-state index is 0.163. The fourth-order valence-corrected chi connectivity index (χ4v) is 2.22. The number of aromatic nitrogens is 4. The van der Waals surface area contributed by atoms with Gasteiger partial charge >= 0.3 is 18.3 Å². The highest BCUT2D eigenvalue weighted by Crippen LogP contribution is 2.30. The summed E-state index contributed by atoms with van der Waals surface area (Å²) >= 11 is 0. The lowest BCUT2D eigenvalue weighted by Crippen LogP contribution is -2.21. The molecule has 0 saturated carbocycles. The Morgan fingerprint density at radius 3 is 2.15 bits per heavy atom. The first-order valence-corrected chi connectivity index (χ1v) is 8.68. The molecule has 0 bridgehead atoms. The standard InChI is InChI=1S/C16H13F3N6O.C2HF3O2/c17-16(18,19)14-9-21-24-25(14)12-6-4-10(5-7-12)23-15(26)13-3-1-2-11(8-20)22-13;3-2(4,5)1(6)7/h1-7,9H,8,20H2,(H,23,26);(H,6,7). The smallest absolute Gasteiger partial charge is 0.475 e. The van der Waals surface area contributed by atoms with Gasteiger partial charge in [-0.3, -0.25) is 4.79 Å². The Hall–Kier alpha value is -4.01. The van der Waals surface area contributed by atoms with Crippen LogP contribution in [0.4, 0.5) is 32.0 Å². The first-order valence-electron chi connectivity index (χ1n) is 8.68. The van der Waals surface area contributed by atoms with E-state index in [1.54, 1.807) is 12.1 Å². The van der Waals surface area contributed by atoms with E-state index in [0.29, 0.717) is 22.3 Å². The quantitative estimate of drug-likeness (QED) is 0.493. The topological polar surface area (TPSA) is 136 Å². The van der Waals surface area contributed by atoms with Crippen LogP contribution in [0, 0.1) is 0 Å². The number of rotatable bonds is 4. The van der Waals surface area contributed by atoms with Crippen molar-refractivity contribution < 1.29 is 41.0 Å². The summed E-state index contributed by atoms with van der Waals surface area (Å²) in [6.45, 7) is 0.204. The number of nitrogens with one attached hydrogen (secondary N) is 1. The third-order valence-electron chi connectivity index (χ3n) is 3.70. The van der Waals surface area contributed by atoms with E-state index in [1.807, 2.05) is 0 Å². The predicted molar refractivity (Wildman–Crippen MR) is 100 cm³/mol. The summed E-state index contributed by atoms with van der Waals surface area (Å²) in [6, 6.07) is 10.6. The molecule has 33 heavy (non-hydrogen) atoms. The zero-order valence-corrected chi connectivity index (χ0v) is 16.2. The van der Waals surface area contributed by atoms with Crippen LogP contribution >= 0.6 is 0 Å². The normalized spacial score (nSPS) is 11.4. The van der Waals surface area contributed by atoms with Gasteiger partial charge in [0.2, 0.25) is 0 Å². The molecule has 0 unspecified atom stereocenters. The van der Waals surface area contributed by atoms with Crippen molar-refractivity contribution in [3.05, 3.63) is 65.7 Å². The number of hydrogen-bond donors (Lipinski definition) is 3. The van der Waals surface area contributed by atoms with Crippen molar-refractivity contribution in [3.8, 4) is 5.69 Å². The molecule has 3 aromatic rings. The van der Waals surface area contributed by atoms with E-state index in [9.17, 15) is 31.1 Å². The molecule has 1 amide bonds. The highest BCUT2D eigenvalue weighted by atomic mass is 19.4. The largest absolute Gasteiger partial charge is 0.490 e. The van der Waals surface area contributed by atoms with E-state index in [-0.39, 0.29) is 17.9 Å². The van der Waals surface area contributed by atoms with Gasteiger partial charge in [0, 0.05) is 12.2 Å². The number of carbonyl (C=O) groups is 2. The van der Waals surface area contributed by atoms with Gasteiger partial charge in [0.25, 0.3) is 5.91 Å². The van der Waals surface area contributed by atoms with Crippen molar-refractivity contribution in [3.63, 3.8) is 0 Å². The number of halogens is 6. The predicted octanol–water partition coefficient (Wildman–Crippen LogP) is 3.03. The van der Waals surface area contributed by atoms with Gasteiger partial charge in [-0.2, -0.15) is 26.3 Å². The van der Waals surface area contributed by atoms with Gasteiger partial charge < -0.3 is 16.2 Å². The van der Waals surface area contributed by atoms with Gasteiger partial charge in [0.15, 0.2) is 5.69 Å². The average molecular weight is 476 g/mol. The monoisotopic (exact) mass is 476 g/mol. The lowest BCUT2D eigenvalue weighted by atomic mass is 10.2. The summed E-state index contributed by atoms with van der Waals surface area (Å²) in [5.74, 6) is -3.21. The SMILES string of the molecule is NCc1cccc(C(=O)Nc2ccc(-n3nncc3C(F)(F)F)cc2)n1.O=C(O)C(F)(F)F. The molecular formula is C18H14F6N6O3. The molecule has 0 fully saturated rings. The Bertz CT molecular complexity index is 1110. The molecule has 3 rings (SSSR count). The van der Waals surface area contributed by atoms with E-state index in [1.165, 1.54) is 30.3 Å². The molecular weight excluding hydrogens is 462 g/mol. The number of nitrogens with two attached hydrogens (primary N) is 1. The minimum atomic E-state index is -5.08. The van der Waals surface area contributed by atoms with Crippen LogP contribution in [0.5, 0.6) is 0 Å². The molecule has 0 aliphatic heterocycles. The second-order valence-corrected chi connectivity index (χ2v) is 6.05. The van der Waals surface area contributed by atoms with E-state index < -0.39 is 29.9 Å². The van der Waals surface area contributed by atoms with Crippen LogP contribution < -0.4 is 11.1 Å². The third-order valence-corrected chi connectivity index (χ3v) is 3.70. The highest BCUT2D eigenvalue weighted by Gasteiger charge is 2.38. The lowest BCUT2D eigenvalue weighted by Gasteiger charge is -2.10. The molecule has 1 aromatic carbocycles. The van der Waals surface area contributed by atoms with E-state index in [2.05, 4.69) is 20.6 Å². The molecule has 0 radical (unpaired) electrons. The molecule has 0 atom stereocenters. The number of carbonyl (C=O) groups excluding carboxylic acids is 1. The van der Waals surface area contributed by atoms with Gasteiger partial charge in [-0.1, -0.05) is 11.3 Å². The summed E-state index contributed by atoms with van der Waals surface area (Å²) in [7, 11) is 0. The Labute approximate surface area is 180 Å². The Kier molecular flexibility index (Phi) is 7.71. The third kappa shape index (κ3) is 6.99. The Morgan fingerprint density at radius 1 is 1.03 bits per heavy atom. The molecule has 15 heteroatoms. The molecule has 4 N–H and O–H groups in total. The maximum absolute atomic E-state index is 12.9. The number of nitrogens with zero attached hydrogens (tertiary/aromatic N) is 4. The second-order valence-electron chi connectivity index (χ2n) is 6.05. The summed E-state index contributed by atoms with van der Waals surface area (Å²) < 4.78 is 71.1. The number of anilines is 1. The van der Waals surface area contributed by atoms with Gasteiger partial charge in [0.05, 0.1) is 17.6 Å². The number of aliphatic carboxylic acids is 1. The molecule has 0 aliphatic rings. The van der Waals surface area contributed by atoms with Crippen molar-refractivity contribution in [1.82, 2.24) is 20.0 Å². The van der Waals surface area contributed by atoms with Crippen molar-refractivity contribution in [2.45, 2.75) is 18.9 Å². The number of carboxylic acids is 1. The van der Waals surface area contributed by atoms with Crippen LogP contribution in [-0.2, 0) is 17.5 Å². The molecule has 0 saturated heterocycles. The molecule has 2 aromatic heterocycles. The fraction of sp³-hybridized carbons (Fsp3) is 0.167. The Morgan fingerprint density at radius 2 is 1.64 bits per heavy atom. The summed E-state index contributed by atoms with van der Waals surface area (Å²) in [5.41, 5.74) is 5.82. The number of pyridine rings is 1. The van der Waals surface area contributed by atoms with Crippen molar-refractivity contribution in [2.75, 3.05) is 5.32 Å². The van der Waals surface area contributed by atoms with E-state index in [4.69, 9.17) is 15.6 Å². The van der Waals surface area contributed by atoms with Crippen LogP contribution in [-0.4, -0.2) is 43.1 Å². The van der Waals surface area contributed by atoms with Crippen LogP contribution in [0.25, 0.3) is 5.69 Å². The molecule has 176 valence electrons. The van der Waals surface area contributed by atoms with Crippen LogP contribution in [0.1, 0.15) is 21.9 Å². The van der Waals surface area contributed by atoms with E-state index >= 15 is 0 Å². The summed E-state index contributed by atoms with van der Waals surface area (Å²) in [6.07, 6.45) is -9.01. The first kappa shape index (κ1) is 25.3. The maximum Gasteiger partial charge on any atom is 0.490 e. The van der Waals surface area contributed by atoms with Gasteiger partial charge in [-0.25, -0.2) is 14.5 Å². The zero-order chi connectivity index (χ0) is 24.8. The number of amides is 1. The number of hydrogen-bond acceptors (Lipinski definition) is 6. The highest BCUT2D eigenvalue weighted by molar-refractivity contribution is 6.02. The fourth-order valence-electron chi connectivity index (χ4n) is 2.22. The second kappa shape index (κ2) is 10.1. The summed E-state index contributed by atoms with van der Waals surface area (Å²) in [5, 5.41) is 16.5. The Balaban J connectivity index is 0.000000479. The van der Waals surface area contributed by atoms with Crippen LogP contribution in [0.3, 0.4) is 0 Å². The zero-order valence-electron chi connectivity index (χ0n) is 16.2. The van der Waals surface area contributed by atoms with Gasteiger partial charge in [-0.15, -0.1) is 5.10 Å². The molecule has 0 aliphatic carbocycles. The van der Waals surface area contributed by atoms with Crippen molar-refractivity contribution in [2.24, 2.45) is 5.73 Å². The van der Waals surface area contributed by atoms with Gasteiger partial charge in [0.1, 0.15) is 5.69 Å². The summed E-state index contributed by atoms with van der Waals surface area (Å²) in [4.78, 5) is 25.2. The average Bonchev–Trinajstić information content (AvgIpc) is 3.25. The maximum atomic E-state index is 12.9. The number of alkyl halides is 6. The molecule has 9 nitrogen and oxygen atoms in total. The van der Waals surface area contributed by atoms with Crippen molar-refractivity contribution >= 4 is 17.6 Å². The van der Waals surface area contributed by atoms with Gasteiger partial charge in [-0.05, 0) is 36.4 Å². The van der Waals surface area contributed by atoms with Crippen LogP contribution in [0.2, 0.25) is 0 Å².